The minimum Gasteiger partial charge on any atom is -0.461 e. The van der Waals surface area contributed by atoms with Gasteiger partial charge in [0.1, 0.15) is 29.4 Å². The first-order valence-electron chi connectivity index (χ1n) is 16.7. The number of carbonyl (C=O) groups excluding carboxylic acids is 1. The molecule has 13 heteroatoms. The number of rotatable bonds is 13. The second-order valence-corrected chi connectivity index (χ2v) is 17.4. The lowest BCUT2D eigenvalue weighted by Crippen LogP contribution is -2.66. The predicted molar refractivity (Wildman–Crippen MR) is 198 cm³/mol. The van der Waals surface area contributed by atoms with Gasteiger partial charge in [-0.2, -0.15) is 10.4 Å². The summed E-state index contributed by atoms with van der Waals surface area (Å²) in [5, 5.41) is 18.8. The zero-order chi connectivity index (χ0) is 36.7. The number of amides is 1. The number of nitriles is 1. The van der Waals surface area contributed by atoms with Crippen molar-refractivity contribution in [1.82, 2.24) is 24.7 Å². The molecule has 1 N–H and O–H groups in total. The molecule has 264 valence electrons. The number of nitrogens with zero attached hydrogens (tertiary/aromatic N) is 6. The standard InChI is InChI=1S/C39H38FN7O4Si/c1-27-15-17-29(40)21-33(27)47-36-32(24-45-47)38(44-26-43-36)51-34(37(48)46-35-18-16-28(22-41)23-42-35)25-49-19-20-50-52(39(2,3)4,30-11-7-5-8-12-30)31-13-9-6-10-14-31/h5-18,21,23-24,26,34H,19-20,25H2,1-4H3,(H,42,46,48)/t34-/m0/s1. The van der Waals surface area contributed by atoms with Crippen molar-refractivity contribution in [2.45, 2.75) is 38.8 Å². The van der Waals surface area contributed by atoms with Crippen molar-refractivity contribution < 1.29 is 23.1 Å². The van der Waals surface area contributed by atoms with Crippen molar-refractivity contribution in [1.29, 1.82) is 5.26 Å². The highest BCUT2D eigenvalue weighted by Crippen LogP contribution is 2.36. The highest BCUT2D eigenvalue weighted by molar-refractivity contribution is 6.99. The summed E-state index contributed by atoms with van der Waals surface area (Å²) in [6.45, 7) is 8.71. The lowest BCUT2D eigenvalue weighted by molar-refractivity contribution is -0.125. The van der Waals surface area contributed by atoms with Crippen molar-refractivity contribution in [3.63, 3.8) is 0 Å². The van der Waals surface area contributed by atoms with Crippen LogP contribution in [-0.4, -0.2) is 64.9 Å². The summed E-state index contributed by atoms with van der Waals surface area (Å²) in [4.78, 5) is 26.5. The zero-order valence-corrected chi connectivity index (χ0v) is 30.3. The van der Waals surface area contributed by atoms with E-state index in [0.29, 0.717) is 22.3 Å². The summed E-state index contributed by atoms with van der Waals surface area (Å²) < 4.78 is 34.9. The van der Waals surface area contributed by atoms with Gasteiger partial charge in [0.2, 0.25) is 12.0 Å². The van der Waals surface area contributed by atoms with Crippen LogP contribution < -0.4 is 20.4 Å². The van der Waals surface area contributed by atoms with E-state index in [0.717, 1.165) is 15.9 Å². The predicted octanol–water partition coefficient (Wildman–Crippen LogP) is 5.51. The third kappa shape index (κ3) is 7.59. The maximum absolute atomic E-state index is 14.2. The Morgan fingerprint density at radius 1 is 0.942 bits per heavy atom. The van der Waals surface area contributed by atoms with Crippen LogP contribution in [0.1, 0.15) is 31.9 Å². The topological polar surface area (TPSA) is 137 Å². The third-order valence-corrected chi connectivity index (χ3v) is 13.7. The molecule has 6 aromatic rings. The van der Waals surface area contributed by atoms with Crippen LogP contribution in [0.4, 0.5) is 10.2 Å². The molecule has 0 aliphatic rings. The molecule has 0 saturated heterocycles. The SMILES string of the molecule is Cc1ccc(F)cc1-n1ncc2c(O[C@@H](COCCO[Si](c3ccccc3)(c3ccccc3)C(C)(C)C)C(=O)Nc3ccc(C#N)cn3)ncnc21. The molecule has 0 fully saturated rings. The van der Waals surface area contributed by atoms with Gasteiger partial charge >= 0.3 is 0 Å². The number of aromatic nitrogens is 5. The number of hydrogen-bond acceptors (Lipinski definition) is 9. The molecule has 1 amide bonds. The molecule has 0 bridgehead atoms. The molecule has 1 atom stereocenters. The number of hydrogen-bond donors (Lipinski definition) is 1. The van der Waals surface area contributed by atoms with E-state index in [4.69, 9.17) is 19.2 Å². The fourth-order valence-electron chi connectivity index (χ4n) is 6.15. The van der Waals surface area contributed by atoms with Crippen LogP contribution >= 0.6 is 0 Å². The van der Waals surface area contributed by atoms with Crippen LogP contribution in [0.25, 0.3) is 16.7 Å². The molecule has 0 unspecified atom stereocenters. The first-order chi connectivity index (χ1) is 25.1. The second-order valence-electron chi connectivity index (χ2n) is 13.1. The average molecular weight is 716 g/mol. The Morgan fingerprint density at radius 2 is 1.65 bits per heavy atom. The molecule has 11 nitrogen and oxygen atoms in total. The smallest absolute Gasteiger partial charge is 0.269 e. The molecule has 3 aromatic heterocycles. The summed E-state index contributed by atoms with van der Waals surface area (Å²) in [6.07, 6.45) is 2.97. The second kappa shape index (κ2) is 15.6. The van der Waals surface area contributed by atoms with Crippen LogP contribution in [0.3, 0.4) is 0 Å². The maximum atomic E-state index is 14.2. The lowest BCUT2D eigenvalue weighted by atomic mass is 10.2. The number of nitrogens with one attached hydrogen (secondary N) is 1. The van der Waals surface area contributed by atoms with Crippen LogP contribution in [0.15, 0.2) is 110 Å². The fourth-order valence-corrected chi connectivity index (χ4v) is 10.7. The van der Waals surface area contributed by atoms with E-state index in [1.54, 1.807) is 12.1 Å². The number of aryl methyl sites for hydroxylation is 1. The number of carbonyl (C=O) groups is 1. The first-order valence-corrected chi connectivity index (χ1v) is 18.6. The Labute approximate surface area is 302 Å². The lowest BCUT2D eigenvalue weighted by Gasteiger charge is -2.43. The third-order valence-electron chi connectivity index (χ3n) is 8.65. The van der Waals surface area contributed by atoms with Crippen LogP contribution in [0.2, 0.25) is 5.04 Å². The average Bonchev–Trinajstić information content (AvgIpc) is 3.59. The zero-order valence-electron chi connectivity index (χ0n) is 29.3. The van der Waals surface area contributed by atoms with E-state index in [9.17, 15) is 9.18 Å². The van der Waals surface area contributed by atoms with E-state index in [1.165, 1.54) is 41.6 Å². The van der Waals surface area contributed by atoms with Crippen LogP contribution in [-0.2, 0) is 14.0 Å². The summed E-state index contributed by atoms with van der Waals surface area (Å²) in [5.41, 5.74) is 2.01. The highest BCUT2D eigenvalue weighted by atomic mass is 28.4. The molecular formula is C39H38FN7O4Si. The molecule has 0 aliphatic carbocycles. The van der Waals surface area contributed by atoms with Gasteiger partial charge in [-0.3, -0.25) is 4.79 Å². The summed E-state index contributed by atoms with van der Waals surface area (Å²) in [6, 6.07) is 30.1. The van der Waals surface area contributed by atoms with Crippen LogP contribution in [0.5, 0.6) is 5.88 Å². The van der Waals surface area contributed by atoms with Gasteiger partial charge in [-0.1, -0.05) is 87.5 Å². The van der Waals surface area contributed by atoms with E-state index < -0.39 is 26.1 Å². The van der Waals surface area contributed by atoms with E-state index in [1.807, 2.05) is 49.4 Å². The Kier molecular flexibility index (Phi) is 10.8. The van der Waals surface area contributed by atoms with Crippen molar-refractivity contribution in [3.8, 4) is 17.6 Å². The molecule has 6 rings (SSSR count). The Balaban J connectivity index is 1.24. The molecule has 52 heavy (non-hydrogen) atoms. The number of ether oxygens (including phenoxy) is 2. The molecule has 0 saturated carbocycles. The molecule has 3 heterocycles. The van der Waals surface area contributed by atoms with Gasteiger partial charge in [0.05, 0.1) is 37.3 Å². The van der Waals surface area contributed by atoms with Gasteiger partial charge in [-0.05, 0) is 52.2 Å². The number of pyridine rings is 1. The molecule has 0 spiro atoms. The quantitative estimate of drug-likeness (QED) is 0.121. The van der Waals surface area contributed by atoms with Gasteiger partial charge in [0.25, 0.3) is 14.2 Å². The number of anilines is 1. The summed E-state index contributed by atoms with van der Waals surface area (Å²) in [5.74, 6) is -0.649. The first kappa shape index (κ1) is 36.0. The molecule has 0 aliphatic heterocycles. The molecule has 0 radical (unpaired) electrons. The number of benzene rings is 3. The van der Waals surface area contributed by atoms with Crippen molar-refractivity contribution in [2.75, 3.05) is 25.1 Å². The monoisotopic (exact) mass is 715 g/mol. The van der Waals surface area contributed by atoms with E-state index >= 15 is 0 Å². The largest absolute Gasteiger partial charge is 0.461 e. The maximum Gasteiger partial charge on any atom is 0.269 e. The van der Waals surface area contributed by atoms with Crippen LogP contribution in [0, 0.1) is 24.1 Å². The van der Waals surface area contributed by atoms with E-state index in [2.05, 4.69) is 70.4 Å². The van der Waals surface area contributed by atoms with Crippen molar-refractivity contribution >= 4 is 41.4 Å². The minimum absolute atomic E-state index is 0.0883. The summed E-state index contributed by atoms with van der Waals surface area (Å²) >= 11 is 0. The normalized spacial score (nSPS) is 12.3. The Morgan fingerprint density at radius 3 is 2.29 bits per heavy atom. The van der Waals surface area contributed by atoms with Gasteiger partial charge in [-0.25, -0.2) is 24.0 Å². The van der Waals surface area contributed by atoms with Gasteiger partial charge in [0, 0.05) is 6.20 Å². The highest BCUT2D eigenvalue weighted by Gasteiger charge is 2.50. The van der Waals surface area contributed by atoms with Gasteiger partial charge in [-0.15, -0.1) is 0 Å². The fraction of sp³-hybridized carbons (Fsp3) is 0.231. The van der Waals surface area contributed by atoms with Gasteiger partial charge < -0.3 is 19.2 Å². The Hall–Kier alpha value is -5.81. The van der Waals surface area contributed by atoms with E-state index in [-0.39, 0.29) is 36.6 Å². The van der Waals surface area contributed by atoms with Crippen molar-refractivity contribution in [3.05, 3.63) is 127 Å². The summed E-state index contributed by atoms with van der Waals surface area (Å²) in [7, 11) is -2.80. The molecular weight excluding hydrogens is 678 g/mol. The minimum atomic E-state index is -2.80. The molecule has 3 aromatic carbocycles. The van der Waals surface area contributed by atoms with Crippen molar-refractivity contribution in [2.24, 2.45) is 0 Å². The number of halogens is 1. The van der Waals surface area contributed by atoms with Gasteiger partial charge in [0.15, 0.2) is 5.65 Å². The Bertz CT molecular complexity index is 2150. The number of fused-ring (bicyclic) bond motifs is 1.